The van der Waals surface area contributed by atoms with Gasteiger partial charge in [0.05, 0.1) is 28.3 Å². The molecule has 3 heterocycles. The van der Waals surface area contributed by atoms with Gasteiger partial charge in [-0.25, -0.2) is 18.7 Å². The van der Waals surface area contributed by atoms with Crippen LogP contribution in [0.3, 0.4) is 0 Å². The second-order valence-corrected chi connectivity index (χ2v) is 10.7. The van der Waals surface area contributed by atoms with Gasteiger partial charge in [0.15, 0.2) is 18.2 Å². The molecule has 2 aliphatic rings. The summed E-state index contributed by atoms with van der Waals surface area (Å²) in [4.78, 5) is 26.9. The lowest BCUT2D eigenvalue weighted by Gasteiger charge is -2.36. The number of nitrogens with zero attached hydrogens (tertiary/aromatic N) is 5. The number of aromatic nitrogens is 2. The van der Waals surface area contributed by atoms with Crippen LogP contribution in [0.2, 0.25) is 5.02 Å². The molecule has 0 saturated carbocycles. The monoisotopic (exact) mass is 556 g/mol. The van der Waals surface area contributed by atoms with Crippen LogP contribution in [-0.4, -0.2) is 66.7 Å². The summed E-state index contributed by atoms with van der Waals surface area (Å²) < 4.78 is 35.5. The van der Waals surface area contributed by atoms with Gasteiger partial charge in [0, 0.05) is 36.4 Å². The molecule has 1 N–H and O–H groups in total. The first-order valence-electron chi connectivity index (χ1n) is 12.9. The molecule has 1 fully saturated rings. The van der Waals surface area contributed by atoms with Crippen molar-refractivity contribution in [1.29, 1.82) is 0 Å². The van der Waals surface area contributed by atoms with E-state index < -0.39 is 5.82 Å². The zero-order valence-electron chi connectivity index (χ0n) is 22.3. The van der Waals surface area contributed by atoms with Gasteiger partial charge in [-0.05, 0) is 71.1 Å². The SMILES string of the molecule is CC(C)N1C(=O)COc2c(F)cc(-c3nc(Nc4ccc(N5CCC(N(C)C)CC5)c(F)c4)ncc3Cl)cc21. The van der Waals surface area contributed by atoms with Crippen LogP contribution in [0.25, 0.3) is 11.3 Å². The summed E-state index contributed by atoms with van der Waals surface area (Å²) >= 11 is 6.40. The molecule has 1 aromatic heterocycles. The molecule has 0 unspecified atom stereocenters. The largest absolute Gasteiger partial charge is 0.478 e. The molecule has 0 atom stereocenters. The van der Waals surface area contributed by atoms with Gasteiger partial charge in [0.25, 0.3) is 5.91 Å². The number of hydrogen-bond donors (Lipinski definition) is 1. The van der Waals surface area contributed by atoms with Gasteiger partial charge < -0.3 is 24.8 Å². The van der Waals surface area contributed by atoms with E-state index in [0.29, 0.717) is 28.7 Å². The van der Waals surface area contributed by atoms with Crippen LogP contribution in [0.5, 0.6) is 5.75 Å². The number of hydrogen-bond acceptors (Lipinski definition) is 7. The summed E-state index contributed by atoms with van der Waals surface area (Å²) in [5, 5.41) is 3.21. The van der Waals surface area contributed by atoms with E-state index in [1.807, 2.05) is 13.8 Å². The van der Waals surface area contributed by atoms with Gasteiger partial charge >= 0.3 is 0 Å². The van der Waals surface area contributed by atoms with Crippen LogP contribution >= 0.6 is 11.6 Å². The highest BCUT2D eigenvalue weighted by Crippen LogP contribution is 2.40. The Bertz CT molecular complexity index is 1390. The zero-order chi connectivity index (χ0) is 27.8. The van der Waals surface area contributed by atoms with Crippen molar-refractivity contribution in [1.82, 2.24) is 14.9 Å². The Hall–Kier alpha value is -3.50. The number of halogens is 3. The average molecular weight is 557 g/mol. The van der Waals surface area contributed by atoms with Gasteiger partial charge in [-0.2, -0.15) is 0 Å². The Balaban J connectivity index is 1.39. The molecule has 0 radical (unpaired) electrons. The number of fused-ring (bicyclic) bond motifs is 1. The maximum atomic E-state index is 15.1. The summed E-state index contributed by atoms with van der Waals surface area (Å²) in [6.07, 6.45) is 3.35. The Morgan fingerprint density at radius 3 is 2.51 bits per heavy atom. The molecule has 1 saturated heterocycles. The number of amides is 1. The Kier molecular flexibility index (Phi) is 7.59. The van der Waals surface area contributed by atoms with Crippen LogP contribution in [0.1, 0.15) is 26.7 Å². The van der Waals surface area contributed by atoms with Gasteiger partial charge in [-0.15, -0.1) is 0 Å². The van der Waals surface area contributed by atoms with Crippen molar-refractivity contribution >= 4 is 40.5 Å². The molecular weight excluding hydrogens is 526 g/mol. The predicted octanol–water partition coefficient (Wildman–Crippen LogP) is 5.48. The second-order valence-electron chi connectivity index (χ2n) is 10.3. The summed E-state index contributed by atoms with van der Waals surface area (Å²) in [7, 11) is 4.15. The third kappa shape index (κ3) is 5.49. The van der Waals surface area contributed by atoms with Crippen molar-refractivity contribution in [2.45, 2.75) is 38.8 Å². The summed E-state index contributed by atoms with van der Waals surface area (Å²) in [5.74, 6) is -1.06. The van der Waals surface area contributed by atoms with Crippen molar-refractivity contribution in [3.05, 3.63) is 53.2 Å². The lowest BCUT2D eigenvalue weighted by atomic mass is 10.0. The van der Waals surface area contributed by atoms with Crippen molar-refractivity contribution < 1.29 is 18.3 Å². The first kappa shape index (κ1) is 27.1. The Labute approximate surface area is 231 Å². The average Bonchev–Trinajstić information content (AvgIpc) is 2.89. The minimum atomic E-state index is -0.628. The standard InChI is InChI=1S/C28H31ClF2N6O2/c1-16(2)37-24-12-17(11-22(31)27(24)39-15-25(37)38)26-20(29)14-32-28(34-26)33-18-5-6-23(21(30)13-18)36-9-7-19(8-10-36)35(3)4/h5-6,11-14,16,19H,7-10,15H2,1-4H3,(H,32,33,34). The third-order valence-electron chi connectivity index (χ3n) is 7.17. The van der Waals surface area contributed by atoms with Gasteiger partial charge in [0.1, 0.15) is 5.82 Å². The normalized spacial score (nSPS) is 16.1. The maximum Gasteiger partial charge on any atom is 0.265 e. The zero-order valence-corrected chi connectivity index (χ0v) is 23.1. The number of ether oxygens (including phenoxy) is 1. The van der Waals surface area contributed by atoms with Crippen LogP contribution in [0.15, 0.2) is 36.5 Å². The van der Waals surface area contributed by atoms with Crippen LogP contribution in [0, 0.1) is 11.6 Å². The predicted molar refractivity (Wildman–Crippen MR) is 149 cm³/mol. The van der Waals surface area contributed by atoms with Crippen molar-refractivity contribution in [2.24, 2.45) is 0 Å². The molecule has 2 aliphatic heterocycles. The number of benzene rings is 2. The first-order chi connectivity index (χ1) is 18.6. The van der Waals surface area contributed by atoms with Gasteiger partial charge in [0.2, 0.25) is 5.95 Å². The number of nitrogens with one attached hydrogen (secondary N) is 1. The lowest BCUT2D eigenvalue weighted by Crippen LogP contribution is -2.43. The second kappa shape index (κ2) is 10.9. The lowest BCUT2D eigenvalue weighted by molar-refractivity contribution is -0.121. The number of carbonyl (C=O) groups is 1. The number of piperidine rings is 1. The van der Waals surface area contributed by atoms with E-state index in [2.05, 4.69) is 39.2 Å². The molecule has 5 rings (SSSR count). The van der Waals surface area contributed by atoms with Crippen LogP contribution in [-0.2, 0) is 4.79 Å². The smallest absolute Gasteiger partial charge is 0.265 e. The fourth-order valence-electron chi connectivity index (χ4n) is 5.16. The van der Waals surface area contributed by atoms with Crippen molar-refractivity contribution in [3.8, 4) is 17.0 Å². The van der Waals surface area contributed by atoms with Crippen LogP contribution < -0.4 is 19.9 Å². The molecule has 1 amide bonds. The fourth-order valence-corrected chi connectivity index (χ4v) is 5.36. The van der Waals surface area contributed by atoms with E-state index >= 15 is 8.78 Å². The van der Waals surface area contributed by atoms with E-state index in [9.17, 15) is 4.79 Å². The molecule has 0 bridgehead atoms. The fraction of sp³-hybridized carbons (Fsp3) is 0.393. The van der Waals surface area contributed by atoms with E-state index in [1.54, 1.807) is 18.2 Å². The molecule has 206 valence electrons. The minimum Gasteiger partial charge on any atom is -0.478 e. The minimum absolute atomic E-state index is 0.0112. The quantitative estimate of drug-likeness (QED) is 0.431. The molecule has 39 heavy (non-hydrogen) atoms. The van der Waals surface area contributed by atoms with E-state index in [0.717, 1.165) is 25.9 Å². The molecule has 0 aliphatic carbocycles. The van der Waals surface area contributed by atoms with Crippen molar-refractivity contribution in [2.75, 3.05) is 48.9 Å². The highest BCUT2D eigenvalue weighted by atomic mass is 35.5. The molecule has 2 aromatic carbocycles. The summed E-state index contributed by atoms with van der Waals surface area (Å²) in [6.45, 7) is 5.03. The summed E-state index contributed by atoms with van der Waals surface area (Å²) in [6, 6.07) is 8.13. The highest BCUT2D eigenvalue weighted by Gasteiger charge is 2.31. The highest BCUT2D eigenvalue weighted by molar-refractivity contribution is 6.33. The van der Waals surface area contributed by atoms with Crippen LogP contribution in [0.4, 0.5) is 31.8 Å². The molecule has 3 aromatic rings. The Morgan fingerprint density at radius 1 is 1.10 bits per heavy atom. The number of rotatable bonds is 6. The number of carbonyl (C=O) groups excluding carboxylic acids is 1. The molecule has 8 nitrogen and oxygen atoms in total. The topological polar surface area (TPSA) is 73.8 Å². The third-order valence-corrected chi connectivity index (χ3v) is 7.44. The van der Waals surface area contributed by atoms with Crippen molar-refractivity contribution in [3.63, 3.8) is 0 Å². The maximum absolute atomic E-state index is 15.1. The summed E-state index contributed by atoms with van der Waals surface area (Å²) in [5.41, 5.74) is 1.96. The molecular formula is C28H31ClF2N6O2. The molecule has 0 spiro atoms. The van der Waals surface area contributed by atoms with E-state index in [4.69, 9.17) is 16.3 Å². The molecule has 11 heteroatoms. The van der Waals surface area contributed by atoms with Gasteiger partial charge in [-0.3, -0.25) is 4.79 Å². The van der Waals surface area contributed by atoms with E-state index in [-0.39, 0.29) is 46.8 Å². The number of anilines is 4. The first-order valence-corrected chi connectivity index (χ1v) is 13.3. The Morgan fingerprint density at radius 2 is 1.85 bits per heavy atom. The van der Waals surface area contributed by atoms with E-state index in [1.165, 1.54) is 23.2 Å². The van der Waals surface area contributed by atoms with Gasteiger partial charge in [-0.1, -0.05) is 11.6 Å².